The number of aliphatic hydroxyl groups is 1. The van der Waals surface area contributed by atoms with Gasteiger partial charge in [0.1, 0.15) is 12.4 Å². The average molecular weight is 366 g/mol. The van der Waals surface area contributed by atoms with Crippen LogP contribution in [0, 0.1) is 5.82 Å². The summed E-state index contributed by atoms with van der Waals surface area (Å²) in [5, 5.41) is 9.48. The van der Waals surface area contributed by atoms with Crippen molar-refractivity contribution in [2.75, 3.05) is 13.2 Å². The maximum Gasteiger partial charge on any atom is 0.411 e. The molecule has 0 bridgehead atoms. The predicted molar refractivity (Wildman–Crippen MR) is 65.6 cm³/mol. The fourth-order valence-corrected chi connectivity index (χ4v) is 1.81. The molecule has 1 unspecified atom stereocenters. The van der Waals surface area contributed by atoms with Gasteiger partial charge >= 0.3 is 6.18 Å². The van der Waals surface area contributed by atoms with E-state index >= 15 is 0 Å². The molecule has 1 aromatic carbocycles. The van der Waals surface area contributed by atoms with Crippen LogP contribution in [0.2, 0.25) is 5.02 Å². The van der Waals surface area contributed by atoms with E-state index in [2.05, 4.69) is 20.7 Å². The molecule has 1 N–H and O–H groups in total. The van der Waals surface area contributed by atoms with Gasteiger partial charge < -0.3 is 9.84 Å². The number of halogens is 6. The molecular formula is C11H10BrClF4O2. The Labute approximate surface area is 120 Å². The van der Waals surface area contributed by atoms with E-state index in [1.165, 1.54) is 12.1 Å². The second-order valence-corrected chi connectivity index (χ2v) is 4.97. The summed E-state index contributed by atoms with van der Waals surface area (Å²) in [5.41, 5.74) is -0.0798. The van der Waals surface area contributed by atoms with Crippen LogP contribution >= 0.6 is 27.5 Å². The first-order chi connectivity index (χ1) is 8.72. The second-order valence-electron chi connectivity index (χ2n) is 3.74. The minimum absolute atomic E-state index is 0.0798. The smallest absolute Gasteiger partial charge is 0.388 e. The Morgan fingerprint density at radius 2 is 2.00 bits per heavy atom. The molecule has 1 atom stereocenters. The summed E-state index contributed by atoms with van der Waals surface area (Å²) in [6, 6.07) is 2.75. The van der Waals surface area contributed by atoms with Crippen molar-refractivity contribution in [3.05, 3.63) is 33.0 Å². The second kappa shape index (κ2) is 6.88. The minimum Gasteiger partial charge on any atom is -0.388 e. The number of hydrogen-bond acceptors (Lipinski definition) is 2. The molecule has 8 heteroatoms. The van der Waals surface area contributed by atoms with Crippen LogP contribution in [0.5, 0.6) is 0 Å². The number of rotatable bonds is 5. The van der Waals surface area contributed by atoms with Crippen LogP contribution in [0.15, 0.2) is 16.6 Å². The van der Waals surface area contributed by atoms with Crippen molar-refractivity contribution in [1.82, 2.24) is 0 Å². The van der Waals surface area contributed by atoms with E-state index in [1.807, 2.05) is 0 Å². The summed E-state index contributed by atoms with van der Waals surface area (Å²) < 4.78 is 53.7. The molecule has 0 spiro atoms. The van der Waals surface area contributed by atoms with Gasteiger partial charge in [-0.3, -0.25) is 0 Å². The number of benzene rings is 1. The maximum atomic E-state index is 13.7. The van der Waals surface area contributed by atoms with Gasteiger partial charge in [0.25, 0.3) is 0 Å². The highest BCUT2D eigenvalue weighted by molar-refractivity contribution is 9.10. The van der Waals surface area contributed by atoms with Crippen LogP contribution in [0.4, 0.5) is 17.6 Å². The lowest BCUT2D eigenvalue weighted by Crippen LogP contribution is -2.18. The van der Waals surface area contributed by atoms with Crippen molar-refractivity contribution in [2.24, 2.45) is 0 Å². The van der Waals surface area contributed by atoms with Gasteiger partial charge in [0.2, 0.25) is 0 Å². The third-order valence-electron chi connectivity index (χ3n) is 2.23. The van der Waals surface area contributed by atoms with E-state index in [0.29, 0.717) is 4.47 Å². The van der Waals surface area contributed by atoms with Crippen LogP contribution < -0.4 is 0 Å². The SMILES string of the molecule is OC(CCOCC(F)(F)F)c1ccc(Br)c(Cl)c1F. The molecule has 0 aliphatic rings. The van der Waals surface area contributed by atoms with Gasteiger partial charge in [0.05, 0.1) is 11.1 Å². The zero-order valence-corrected chi connectivity index (χ0v) is 11.8. The highest BCUT2D eigenvalue weighted by Gasteiger charge is 2.27. The Hall–Kier alpha value is -0.370. The summed E-state index contributed by atoms with van der Waals surface area (Å²) in [6.07, 6.45) is -5.86. The summed E-state index contributed by atoms with van der Waals surface area (Å²) >= 11 is 8.65. The van der Waals surface area contributed by atoms with E-state index in [4.69, 9.17) is 11.6 Å². The molecular weight excluding hydrogens is 355 g/mol. The van der Waals surface area contributed by atoms with Gasteiger partial charge in [-0.25, -0.2) is 4.39 Å². The maximum absolute atomic E-state index is 13.7. The van der Waals surface area contributed by atoms with E-state index in [0.717, 1.165) is 0 Å². The molecule has 0 radical (unpaired) electrons. The highest BCUT2D eigenvalue weighted by atomic mass is 79.9. The van der Waals surface area contributed by atoms with E-state index < -0.39 is 24.7 Å². The largest absolute Gasteiger partial charge is 0.411 e. The Morgan fingerprint density at radius 1 is 1.37 bits per heavy atom. The number of ether oxygens (including phenoxy) is 1. The third-order valence-corrected chi connectivity index (χ3v) is 3.48. The van der Waals surface area contributed by atoms with Crippen LogP contribution in [-0.4, -0.2) is 24.5 Å². The number of aliphatic hydroxyl groups excluding tert-OH is 1. The summed E-state index contributed by atoms with van der Waals surface area (Å²) in [6.45, 7) is -1.74. The molecule has 0 saturated carbocycles. The standard InChI is InChI=1S/C11H10BrClF4O2/c12-7-2-1-6(10(14)9(7)13)8(18)3-4-19-5-11(15,16)17/h1-2,8,18H,3-5H2. The van der Waals surface area contributed by atoms with Crippen molar-refractivity contribution in [1.29, 1.82) is 0 Å². The minimum atomic E-state index is -4.42. The molecule has 1 rings (SSSR count). The van der Waals surface area contributed by atoms with Crippen molar-refractivity contribution in [2.45, 2.75) is 18.7 Å². The van der Waals surface area contributed by atoms with Gasteiger partial charge in [0.15, 0.2) is 0 Å². The van der Waals surface area contributed by atoms with Crippen molar-refractivity contribution in [3.8, 4) is 0 Å². The number of hydrogen-bond donors (Lipinski definition) is 1. The monoisotopic (exact) mass is 364 g/mol. The van der Waals surface area contributed by atoms with E-state index in [1.54, 1.807) is 0 Å². The fourth-order valence-electron chi connectivity index (χ4n) is 1.34. The molecule has 0 aliphatic heterocycles. The Bertz CT molecular complexity index is 439. The number of alkyl halides is 3. The first-order valence-corrected chi connectivity index (χ1v) is 6.35. The first-order valence-electron chi connectivity index (χ1n) is 5.18. The van der Waals surface area contributed by atoms with Crippen molar-refractivity contribution >= 4 is 27.5 Å². The topological polar surface area (TPSA) is 29.5 Å². The lowest BCUT2D eigenvalue weighted by atomic mass is 10.1. The Morgan fingerprint density at radius 3 is 2.58 bits per heavy atom. The summed E-state index contributed by atoms with van der Waals surface area (Å²) in [4.78, 5) is 0. The van der Waals surface area contributed by atoms with Crippen molar-refractivity contribution in [3.63, 3.8) is 0 Å². The predicted octanol–water partition coefficient (Wildman–Crippen LogP) is 4.24. The molecule has 0 fully saturated rings. The van der Waals surface area contributed by atoms with Crippen LogP contribution in [-0.2, 0) is 4.74 Å². The molecule has 108 valence electrons. The molecule has 0 aliphatic carbocycles. The van der Waals surface area contributed by atoms with Crippen LogP contribution in [0.3, 0.4) is 0 Å². The van der Waals surface area contributed by atoms with Crippen LogP contribution in [0.25, 0.3) is 0 Å². The van der Waals surface area contributed by atoms with E-state index in [-0.39, 0.29) is 23.6 Å². The Kier molecular flexibility index (Phi) is 6.04. The van der Waals surface area contributed by atoms with Gasteiger partial charge in [-0.05, 0) is 22.0 Å². The summed E-state index contributed by atoms with van der Waals surface area (Å²) in [5.74, 6) is -0.806. The average Bonchev–Trinajstić information content (AvgIpc) is 2.30. The molecule has 0 amide bonds. The zero-order valence-electron chi connectivity index (χ0n) is 9.48. The normalized spacial score (nSPS) is 13.6. The van der Waals surface area contributed by atoms with Gasteiger partial charge in [-0.15, -0.1) is 0 Å². The lowest BCUT2D eigenvalue weighted by molar-refractivity contribution is -0.175. The highest BCUT2D eigenvalue weighted by Crippen LogP contribution is 2.31. The van der Waals surface area contributed by atoms with Gasteiger partial charge in [0, 0.05) is 23.1 Å². The van der Waals surface area contributed by atoms with Crippen LogP contribution in [0.1, 0.15) is 18.1 Å². The molecule has 19 heavy (non-hydrogen) atoms. The molecule has 1 aromatic rings. The van der Waals surface area contributed by atoms with E-state index in [9.17, 15) is 22.7 Å². The first kappa shape index (κ1) is 16.7. The van der Waals surface area contributed by atoms with Gasteiger partial charge in [-0.1, -0.05) is 17.7 Å². The lowest BCUT2D eigenvalue weighted by Gasteiger charge is -2.14. The van der Waals surface area contributed by atoms with Gasteiger partial charge in [-0.2, -0.15) is 13.2 Å². The fraction of sp³-hybridized carbons (Fsp3) is 0.455. The Balaban J connectivity index is 2.55. The molecule has 0 heterocycles. The molecule has 0 aromatic heterocycles. The summed E-state index contributed by atoms with van der Waals surface area (Å²) in [7, 11) is 0. The van der Waals surface area contributed by atoms with Crippen molar-refractivity contribution < 1.29 is 27.4 Å². The third kappa shape index (κ3) is 5.25. The zero-order chi connectivity index (χ0) is 14.6. The molecule has 0 saturated heterocycles. The molecule has 2 nitrogen and oxygen atoms in total. The quantitative estimate of drug-likeness (QED) is 0.480.